The minimum atomic E-state index is -0.0273. The summed E-state index contributed by atoms with van der Waals surface area (Å²) in [5.41, 5.74) is 1.48. The summed E-state index contributed by atoms with van der Waals surface area (Å²) in [5, 5.41) is 8.18. The number of thiazole rings is 1. The van der Waals surface area contributed by atoms with Gasteiger partial charge in [-0.2, -0.15) is 0 Å². The van der Waals surface area contributed by atoms with Gasteiger partial charge in [0.15, 0.2) is 5.13 Å². The Morgan fingerprint density at radius 3 is 2.79 bits per heavy atom. The molecule has 1 aliphatic rings. The molecular formula is C18H17N3O2S. The molecule has 1 saturated heterocycles. The van der Waals surface area contributed by atoms with Crippen LogP contribution < -0.4 is 5.32 Å². The van der Waals surface area contributed by atoms with E-state index in [1.54, 1.807) is 4.90 Å². The normalized spacial score (nSPS) is 14.8. The van der Waals surface area contributed by atoms with E-state index in [2.05, 4.69) is 28.5 Å². The molecule has 0 atom stereocenters. The van der Waals surface area contributed by atoms with Crippen LogP contribution in [0.4, 0.5) is 10.8 Å². The van der Waals surface area contributed by atoms with Gasteiger partial charge in [0, 0.05) is 29.5 Å². The molecule has 24 heavy (non-hydrogen) atoms. The molecule has 1 fully saturated rings. The smallest absolute Gasteiger partial charge is 0.273 e. The van der Waals surface area contributed by atoms with Crippen LogP contribution in [0.5, 0.6) is 0 Å². The number of hydrogen-bond donors (Lipinski definition) is 1. The number of nitrogens with zero attached hydrogens (tertiary/aromatic N) is 2. The zero-order valence-corrected chi connectivity index (χ0v) is 13.9. The Labute approximate surface area is 143 Å². The van der Waals surface area contributed by atoms with Gasteiger partial charge in [0.1, 0.15) is 5.69 Å². The number of carbonyl (C=O) groups excluding carboxylic acids is 1. The lowest BCUT2D eigenvalue weighted by Gasteiger charge is -2.25. The number of rotatable bonds is 3. The average molecular weight is 339 g/mol. The largest absolute Gasteiger partial charge is 0.378 e. The van der Waals surface area contributed by atoms with E-state index in [-0.39, 0.29) is 5.91 Å². The third-order valence-corrected chi connectivity index (χ3v) is 4.81. The van der Waals surface area contributed by atoms with Crippen LogP contribution >= 0.6 is 11.3 Å². The molecule has 0 bridgehead atoms. The van der Waals surface area contributed by atoms with Gasteiger partial charge in [-0.25, -0.2) is 4.98 Å². The van der Waals surface area contributed by atoms with E-state index < -0.39 is 0 Å². The monoisotopic (exact) mass is 339 g/mol. The summed E-state index contributed by atoms with van der Waals surface area (Å²) >= 11 is 1.44. The van der Waals surface area contributed by atoms with Crippen LogP contribution in [0, 0.1) is 0 Å². The van der Waals surface area contributed by atoms with Crippen molar-refractivity contribution in [1.82, 2.24) is 9.88 Å². The third kappa shape index (κ3) is 2.98. The van der Waals surface area contributed by atoms with Crippen LogP contribution in [0.2, 0.25) is 0 Å². The second-order valence-electron chi connectivity index (χ2n) is 5.59. The number of anilines is 2. The number of morpholine rings is 1. The summed E-state index contributed by atoms with van der Waals surface area (Å²) < 4.78 is 5.29. The second kappa shape index (κ2) is 6.59. The van der Waals surface area contributed by atoms with Gasteiger partial charge in [-0.1, -0.05) is 36.4 Å². The lowest BCUT2D eigenvalue weighted by molar-refractivity contribution is 0.0299. The van der Waals surface area contributed by atoms with Crippen molar-refractivity contribution < 1.29 is 9.53 Å². The fourth-order valence-electron chi connectivity index (χ4n) is 2.81. The van der Waals surface area contributed by atoms with E-state index in [9.17, 15) is 4.79 Å². The Balaban J connectivity index is 1.55. The van der Waals surface area contributed by atoms with E-state index in [1.165, 1.54) is 16.7 Å². The number of benzene rings is 2. The maximum Gasteiger partial charge on any atom is 0.273 e. The summed E-state index contributed by atoms with van der Waals surface area (Å²) in [7, 11) is 0. The van der Waals surface area contributed by atoms with Gasteiger partial charge in [0.2, 0.25) is 0 Å². The van der Waals surface area contributed by atoms with Crippen LogP contribution in [-0.4, -0.2) is 42.1 Å². The molecule has 0 spiro atoms. The van der Waals surface area contributed by atoms with E-state index in [0.29, 0.717) is 32.0 Å². The first-order chi connectivity index (χ1) is 11.8. The van der Waals surface area contributed by atoms with Crippen LogP contribution in [0.1, 0.15) is 10.5 Å². The second-order valence-corrected chi connectivity index (χ2v) is 6.45. The van der Waals surface area contributed by atoms with E-state index in [1.807, 2.05) is 29.6 Å². The van der Waals surface area contributed by atoms with E-state index in [4.69, 9.17) is 4.74 Å². The molecule has 1 aromatic heterocycles. The van der Waals surface area contributed by atoms with Crippen molar-refractivity contribution in [3.8, 4) is 0 Å². The molecule has 1 N–H and O–H groups in total. The van der Waals surface area contributed by atoms with Crippen molar-refractivity contribution in [2.75, 3.05) is 31.6 Å². The quantitative estimate of drug-likeness (QED) is 0.793. The zero-order valence-electron chi connectivity index (χ0n) is 13.1. The molecule has 122 valence electrons. The van der Waals surface area contributed by atoms with Gasteiger partial charge >= 0.3 is 0 Å². The van der Waals surface area contributed by atoms with Crippen molar-refractivity contribution in [2.24, 2.45) is 0 Å². The van der Waals surface area contributed by atoms with Gasteiger partial charge in [-0.3, -0.25) is 4.79 Å². The van der Waals surface area contributed by atoms with Crippen molar-refractivity contribution in [2.45, 2.75) is 0 Å². The van der Waals surface area contributed by atoms with E-state index >= 15 is 0 Å². The van der Waals surface area contributed by atoms with Crippen LogP contribution in [0.3, 0.4) is 0 Å². The lowest BCUT2D eigenvalue weighted by atomic mass is 10.1. The molecule has 5 nitrogen and oxygen atoms in total. The number of hydrogen-bond acceptors (Lipinski definition) is 5. The lowest BCUT2D eigenvalue weighted by Crippen LogP contribution is -2.40. The minimum Gasteiger partial charge on any atom is -0.378 e. The average Bonchev–Trinajstić information content (AvgIpc) is 3.11. The summed E-state index contributed by atoms with van der Waals surface area (Å²) in [6.45, 7) is 2.44. The number of fused-ring (bicyclic) bond motifs is 1. The highest BCUT2D eigenvalue weighted by Crippen LogP contribution is 2.28. The summed E-state index contributed by atoms with van der Waals surface area (Å²) in [5.74, 6) is -0.0273. The van der Waals surface area contributed by atoms with Crippen LogP contribution in [-0.2, 0) is 4.74 Å². The van der Waals surface area contributed by atoms with Gasteiger partial charge in [0.05, 0.1) is 13.2 Å². The highest BCUT2D eigenvalue weighted by atomic mass is 32.1. The van der Waals surface area contributed by atoms with Crippen molar-refractivity contribution in [3.05, 3.63) is 53.5 Å². The predicted molar refractivity (Wildman–Crippen MR) is 96.1 cm³/mol. The third-order valence-electron chi connectivity index (χ3n) is 4.05. The molecule has 0 unspecified atom stereocenters. The number of nitrogens with one attached hydrogen (secondary N) is 1. The van der Waals surface area contributed by atoms with Crippen molar-refractivity contribution >= 4 is 38.8 Å². The minimum absolute atomic E-state index is 0.0273. The van der Waals surface area contributed by atoms with Gasteiger partial charge in [0.25, 0.3) is 5.91 Å². The van der Waals surface area contributed by atoms with Gasteiger partial charge < -0.3 is 15.0 Å². The first-order valence-corrected chi connectivity index (χ1v) is 8.76. The summed E-state index contributed by atoms with van der Waals surface area (Å²) in [4.78, 5) is 18.7. The molecule has 2 aromatic carbocycles. The van der Waals surface area contributed by atoms with Gasteiger partial charge in [-0.15, -0.1) is 11.3 Å². The summed E-state index contributed by atoms with van der Waals surface area (Å²) in [6.07, 6.45) is 0. The maximum absolute atomic E-state index is 12.5. The zero-order chi connectivity index (χ0) is 16.4. The molecule has 1 aliphatic heterocycles. The molecule has 0 saturated carbocycles. The number of aromatic nitrogens is 1. The van der Waals surface area contributed by atoms with Crippen molar-refractivity contribution in [3.63, 3.8) is 0 Å². The first-order valence-electron chi connectivity index (χ1n) is 7.88. The van der Waals surface area contributed by atoms with E-state index in [0.717, 1.165) is 16.2 Å². The Bertz CT molecular complexity index is 866. The Hall–Kier alpha value is -2.44. The number of ether oxygens (including phenoxy) is 1. The fraction of sp³-hybridized carbons (Fsp3) is 0.222. The Morgan fingerprint density at radius 1 is 1.12 bits per heavy atom. The SMILES string of the molecule is O=C(c1csc(Nc2cccc3ccccc23)n1)N1CCOCC1. The molecule has 2 heterocycles. The van der Waals surface area contributed by atoms with Crippen LogP contribution in [0.25, 0.3) is 10.8 Å². The van der Waals surface area contributed by atoms with Gasteiger partial charge in [-0.05, 0) is 11.5 Å². The molecule has 0 radical (unpaired) electrons. The standard InChI is InChI=1S/C18H17N3O2S/c22-17(21-8-10-23-11-9-21)16-12-24-18(20-16)19-15-7-3-5-13-4-1-2-6-14(13)15/h1-7,12H,8-11H2,(H,19,20). The highest BCUT2D eigenvalue weighted by molar-refractivity contribution is 7.14. The molecule has 3 aromatic rings. The molecular weight excluding hydrogens is 322 g/mol. The topological polar surface area (TPSA) is 54.5 Å². The number of carbonyl (C=O) groups is 1. The first kappa shape index (κ1) is 15.1. The van der Waals surface area contributed by atoms with Crippen LogP contribution in [0.15, 0.2) is 47.8 Å². The Morgan fingerprint density at radius 2 is 1.92 bits per heavy atom. The highest BCUT2D eigenvalue weighted by Gasteiger charge is 2.21. The predicted octanol–water partition coefficient (Wildman–Crippen LogP) is 3.51. The Kier molecular flexibility index (Phi) is 4.15. The maximum atomic E-state index is 12.5. The summed E-state index contributed by atoms with van der Waals surface area (Å²) in [6, 6.07) is 14.3. The van der Waals surface area contributed by atoms with Crippen molar-refractivity contribution in [1.29, 1.82) is 0 Å². The molecule has 6 heteroatoms. The molecule has 1 amide bonds. The molecule has 0 aliphatic carbocycles. The fourth-order valence-corrected chi connectivity index (χ4v) is 3.50. The molecule has 4 rings (SSSR count). The number of amides is 1.